The molecule has 0 unspecified atom stereocenters. The van der Waals surface area contributed by atoms with Gasteiger partial charge in [-0.3, -0.25) is 13.9 Å². The number of ether oxygens (including phenoxy) is 1. The summed E-state index contributed by atoms with van der Waals surface area (Å²) in [5.41, 5.74) is 1.94. The van der Waals surface area contributed by atoms with Gasteiger partial charge in [-0.25, -0.2) is 8.42 Å². The quantitative estimate of drug-likeness (QED) is 0.262. The van der Waals surface area contributed by atoms with Gasteiger partial charge in [0.15, 0.2) is 0 Å². The van der Waals surface area contributed by atoms with E-state index in [1.54, 1.807) is 61.5 Å². The molecular weight excluding hydrogens is 586 g/mol. The van der Waals surface area contributed by atoms with Crippen molar-refractivity contribution < 1.29 is 22.7 Å². The average molecular weight is 626 g/mol. The molecule has 1 fully saturated rings. The van der Waals surface area contributed by atoms with Gasteiger partial charge in [0.25, 0.3) is 10.0 Å². The van der Waals surface area contributed by atoms with Crippen LogP contribution in [-0.2, 0) is 26.2 Å². The monoisotopic (exact) mass is 625 g/mol. The Morgan fingerprint density at radius 2 is 1.63 bits per heavy atom. The standard InChI is InChI=1S/C33H40ClN3O5S/c1-4-42-29-18-20-30(21-19-29)43(40,41)37(28-16-14-24(2)15-17-28)23-32(38)36(22-26-10-8-9-13-31(26)34)25(3)33(39)35-27-11-6-5-7-12-27/h8-10,13-21,25,27H,4-7,11-12,22-23H2,1-3H3,(H,35,39)/t25-/m0/s1. The van der Waals surface area contributed by atoms with E-state index in [-0.39, 0.29) is 23.4 Å². The van der Waals surface area contributed by atoms with Gasteiger partial charge in [0.05, 0.1) is 17.2 Å². The number of nitrogens with one attached hydrogen (secondary N) is 1. The second-order valence-corrected chi connectivity index (χ2v) is 13.2. The summed E-state index contributed by atoms with van der Waals surface area (Å²) >= 11 is 6.46. The van der Waals surface area contributed by atoms with E-state index in [0.717, 1.165) is 42.0 Å². The first kappa shape index (κ1) is 32.4. The number of hydrogen-bond donors (Lipinski definition) is 1. The minimum atomic E-state index is -4.17. The number of benzene rings is 3. The molecule has 230 valence electrons. The molecule has 0 aromatic heterocycles. The zero-order valence-electron chi connectivity index (χ0n) is 25.0. The van der Waals surface area contributed by atoms with E-state index in [9.17, 15) is 18.0 Å². The molecule has 1 N–H and O–H groups in total. The molecule has 3 aromatic rings. The van der Waals surface area contributed by atoms with Gasteiger partial charge in [-0.2, -0.15) is 0 Å². The van der Waals surface area contributed by atoms with Gasteiger partial charge in [-0.1, -0.05) is 66.8 Å². The third-order valence-corrected chi connectivity index (χ3v) is 9.90. The molecule has 4 rings (SSSR count). The largest absolute Gasteiger partial charge is 0.494 e. The third kappa shape index (κ3) is 8.30. The Hall–Kier alpha value is -3.56. The van der Waals surface area contributed by atoms with Crippen molar-refractivity contribution in [3.8, 4) is 5.75 Å². The lowest BCUT2D eigenvalue weighted by Gasteiger charge is -2.33. The summed E-state index contributed by atoms with van der Waals surface area (Å²) in [7, 11) is -4.17. The van der Waals surface area contributed by atoms with E-state index < -0.39 is 28.5 Å². The molecule has 10 heteroatoms. The maximum atomic E-state index is 14.1. The molecule has 0 spiro atoms. The Morgan fingerprint density at radius 3 is 2.26 bits per heavy atom. The van der Waals surface area contributed by atoms with Gasteiger partial charge >= 0.3 is 0 Å². The van der Waals surface area contributed by atoms with Gasteiger partial charge in [0.2, 0.25) is 11.8 Å². The smallest absolute Gasteiger partial charge is 0.264 e. The van der Waals surface area contributed by atoms with E-state index in [1.807, 2.05) is 19.9 Å². The van der Waals surface area contributed by atoms with Crippen LogP contribution in [0.3, 0.4) is 0 Å². The number of nitrogens with zero attached hydrogens (tertiary/aromatic N) is 2. The van der Waals surface area contributed by atoms with Crippen molar-refractivity contribution in [2.45, 2.75) is 76.4 Å². The van der Waals surface area contributed by atoms with Gasteiger partial charge in [0.1, 0.15) is 18.3 Å². The van der Waals surface area contributed by atoms with Crippen molar-refractivity contribution in [2.24, 2.45) is 0 Å². The Labute approximate surface area is 260 Å². The number of anilines is 1. The number of rotatable bonds is 12. The molecule has 2 amide bonds. The van der Waals surface area contributed by atoms with Crippen molar-refractivity contribution in [2.75, 3.05) is 17.5 Å². The van der Waals surface area contributed by atoms with E-state index in [2.05, 4.69) is 5.32 Å². The summed E-state index contributed by atoms with van der Waals surface area (Å²) in [6.45, 7) is 5.40. The molecular formula is C33H40ClN3O5S. The van der Waals surface area contributed by atoms with E-state index >= 15 is 0 Å². The van der Waals surface area contributed by atoms with E-state index in [4.69, 9.17) is 16.3 Å². The first-order valence-electron chi connectivity index (χ1n) is 14.8. The highest BCUT2D eigenvalue weighted by Crippen LogP contribution is 2.27. The van der Waals surface area contributed by atoms with Crippen LogP contribution in [-0.4, -0.2) is 50.4 Å². The lowest BCUT2D eigenvalue weighted by Crippen LogP contribution is -2.53. The minimum Gasteiger partial charge on any atom is -0.494 e. The summed E-state index contributed by atoms with van der Waals surface area (Å²) in [4.78, 5) is 29.0. The van der Waals surface area contributed by atoms with Crippen LogP contribution in [0.1, 0.15) is 57.1 Å². The predicted octanol–water partition coefficient (Wildman–Crippen LogP) is 6.11. The highest BCUT2D eigenvalue weighted by atomic mass is 35.5. The van der Waals surface area contributed by atoms with Gasteiger partial charge < -0.3 is 15.0 Å². The van der Waals surface area contributed by atoms with Crippen LogP contribution in [0.2, 0.25) is 5.02 Å². The molecule has 0 radical (unpaired) electrons. The molecule has 1 atom stereocenters. The zero-order chi connectivity index (χ0) is 31.0. The zero-order valence-corrected chi connectivity index (χ0v) is 26.5. The predicted molar refractivity (Wildman–Crippen MR) is 170 cm³/mol. The summed E-state index contributed by atoms with van der Waals surface area (Å²) < 4.78 is 34.6. The maximum absolute atomic E-state index is 14.1. The molecule has 1 aliphatic rings. The van der Waals surface area contributed by atoms with Crippen LogP contribution in [0.5, 0.6) is 5.75 Å². The first-order valence-corrected chi connectivity index (χ1v) is 16.6. The second-order valence-electron chi connectivity index (χ2n) is 10.9. The molecule has 1 saturated carbocycles. The van der Waals surface area contributed by atoms with Crippen LogP contribution in [0.4, 0.5) is 5.69 Å². The fraction of sp³-hybridized carbons (Fsp3) is 0.394. The molecule has 3 aromatic carbocycles. The topological polar surface area (TPSA) is 96.0 Å². The maximum Gasteiger partial charge on any atom is 0.264 e. The molecule has 0 heterocycles. The van der Waals surface area contributed by atoms with Crippen LogP contribution in [0, 0.1) is 6.92 Å². The van der Waals surface area contributed by atoms with Crippen molar-refractivity contribution in [1.29, 1.82) is 0 Å². The number of carbonyl (C=O) groups excluding carboxylic acids is 2. The summed E-state index contributed by atoms with van der Waals surface area (Å²) in [6, 6.07) is 19.4. The van der Waals surface area contributed by atoms with Crippen molar-refractivity contribution in [3.05, 3.63) is 88.9 Å². The average Bonchev–Trinajstić information content (AvgIpc) is 3.00. The first-order chi connectivity index (χ1) is 20.6. The van der Waals surface area contributed by atoms with E-state index in [1.165, 1.54) is 17.0 Å². The lowest BCUT2D eigenvalue weighted by molar-refractivity contribution is -0.139. The van der Waals surface area contributed by atoms with Gasteiger partial charge in [0, 0.05) is 17.6 Å². The van der Waals surface area contributed by atoms with Crippen LogP contribution in [0.25, 0.3) is 0 Å². The molecule has 1 aliphatic carbocycles. The van der Waals surface area contributed by atoms with Crippen molar-refractivity contribution >= 4 is 39.1 Å². The highest BCUT2D eigenvalue weighted by Gasteiger charge is 2.33. The van der Waals surface area contributed by atoms with Crippen molar-refractivity contribution in [3.63, 3.8) is 0 Å². The molecule has 0 bridgehead atoms. The number of sulfonamides is 1. The van der Waals surface area contributed by atoms with Gasteiger partial charge in [-0.05, 0) is 81.6 Å². The number of halogens is 1. The van der Waals surface area contributed by atoms with Crippen LogP contribution < -0.4 is 14.4 Å². The third-order valence-electron chi connectivity index (χ3n) is 7.74. The Bertz CT molecular complexity index is 1490. The molecule has 43 heavy (non-hydrogen) atoms. The normalized spacial score (nSPS) is 14.5. The lowest BCUT2D eigenvalue weighted by atomic mass is 9.95. The SMILES string of the molecule is CCOc1ccc(S(=O)(=O)N(CC(=O)N(Cc2ccccc2Cl)[C@@H](C)C(=O)NC2CCCCC2)c2ccc(C)cc2)cc1. The number of amides is 2. The fourth-order valence-corrected chi connectivity index (χ4v) is 6.81. The second kappa shape index (κ2) is 14.8. The Morgan fingerprint density at radius 1 is 0.977 bits per heavy atom. The summed E-state index contributed by atoms with van der Waals surface area (Å²) in [5, 5.41) is 3.56. The van der Waals surface area contributed by atoms with Gasteiger partial charge in [-0.15, -0.1) is 0 Å². The van der Waals surface area contributed by atoms with Crippen LogP contribution in [0.15, 0.2) is 77.7 Å². The Kier molecular flexibility index (Phi) is 11.1. The number of carbonyl (C=O) groups is 2. The van der Waals surface area contributed by atoms with Crippen LogP contribution >= 0.6 is 11.6 Å². The molecule has 8 nitrogen and oxygen atoms in total. The molecule has 0 saturated heterocycles. The number of aryl methyl sites for hydroxylation is 1. The summed E-state index contributed by atoms with van der Waals surface area (Å²) in [6.07, 6.45) is 5.06. The fourth-order valence-electron chi connectivity index (χ4n) is 5.20. The highest BCUT2D eigenvalue weighted by molar-refractivity contribution is 7.92. The van der Waals surface area contributed by atoms with Crippen molar-refractivity contribution in [1.82, 2.24) is 10.2 Å². The summed E-state index contributed by atoms with van der Waals surface area (Å²) in [5.74, 6) is -0.256. The molecule has 0 aliphatic heterocycles. The number of hydrogen-bond acceptors (Lipinski definition) is 5. The van der Waals surface area contributed by atoms with E-state index in [0.29, 0.717) is 28.6 Å². The minimum absolute atomic E-state index is 0.0186. The Balaban J connectivity index is 1.67.